The zero-order valence-electron chi connectivity index (χ0n) is 18.4. The Labute approximate surface area is 203 Å². The molecule has 9 heteroatoms. The van der Waals surface area contributed by atoms with Gasteiger partial charge in [-0.2, -0.15) is 5.10 Å². The molecule has 0 bridgehead atoms. The summed E-state index contributed by atoms with van der Waals surface area (Å²) in [6.07, 6.45) is 3.44. The largest absolute Gasteiger partial charge is 0.348 e. The third kappa shape index (κ3) is 5.30. The molecule has 0 saturated heterocycles. The number of sulfonamides is 1. The van der Waals surface area contributed by atoms with Gasteiger partial charge in [0, 0.05) is 30.9 Å². The van der Waals surface area contributed by atoms with Gasteiger partial charge in [0.1, 0.15) is 4.90 Å². The van der Waals surface area contributed by atoms with Crippen LogP contribution >= 0.6 is 11.6 Å². The van der Waals surface area contributed by atoms with Crippen molar-refractivity contribution in [3.05, 3.63) is 113 Å². The maximum Gasteiger partial charge on any atom is 0.266 e. The number of halogens is 1. The molecule has 3 aromatic carbocycles. The predicted octanol–water partition coefficient (Wildman–Crippen LogP) is 4.40. The van der Waals surface area contributed by atoms with Crippen molar-refractivity contribution in [3.63, 3.8) is 0 Å². The van der Waals surface area contributed by atoms with E-state index in [4.69, 9.17) is 11.6 Å². The van der Waals surface area contributed by atoms with E-state index in [1.807, 2.05) is 36.4 Å². The van der Waals surface area contributed by atoms with E-state index < -0.39 is 15.9 Å². The van der Waals surface area contributed by atoms with Crippen molar-refractivity contribution in [2.24, 2.45) is 7.05 Å². The number of hydrogen-bond acceptors (Lipinski definition) is 4. The van der Waals surface area contributed by atoms with Crippen LogP contribution in [0, 0.1) is 0 Å². The van der Waals surface area contributed by atoms with Gasteiger partial charge in [0.15, 0.2) is 0 Å². The number of amides is 1. The summed E-state index contributed by atoms with van der Waals surface area (Å²) in [6, 6.07) is 22.3. The van der Waals surface area contributed by atoms with Crippen molar-refractivity contribution in [2.45, 2.75) is 18.0 Å². The minimum Gasteiger partial charge on any atom is -0.348 e. The molecule has 0 aliphatic rings. The molecular formula is C25H23ClN4O3S. The fourth-order valence-electron chi connectivity index (χ4n) is 3.47. The van der Waals surface area contributed by atoms with Gasteiger partial charge in [-0.3, -0.25) is 13.8 Å². The minimum atomic E-state index is -4.09. The molecule has 1 N–H and O–H groups in total. The number of nitrogens with zero attached hydrogens (tertiary/aromatic N) is 3. The summed E-state index contributed by atoms with van der Waals surface area (Å²) in [5.74, 6) is -0.411. The minimum absolute atomic E-state index is 0.0396. The van der Waals surface area contributed by atoms with E-state index in [0.29, 0.717) is 5.69 Å². The van der Waals surface area contributed by atoms with Crippen LogP contribution in [0.25, 0.3) is 0 Å². The molecule has 34 heavy (non-hydrogen) atoms. The first-order chi connectivity index (χ1) is 16.3. The summed E-state index contributed by atoms with van der Waals surface area (Å²) in [4.78, 5) is 12.6. The number of hydrogen-bond donors (Lipinski definition) is 1. The van der Waals surface area contributed by atoms with Gasteiger partial charge in [-0.15, -0.1) is 0 Å². The average molecular weight is 495 g/mol. The van der Waals surface area contributed by atoms with E-state index in [2.05, 4.69) is 10.4 Å². The molecular weight excluding hydrogens is 472 g/mol. The number of carbonyl (C=O) groups excluding carboxylic acids is 1. The molecule has 0 atom stereocenters. The van der Waals surface area contributed by atoms with Gasteiger partial charge in [-0.1, -0.05) is 60.1 Å². The Kier molecular flexibility index (Phi) is 7.00. The number of nitrogens with one attached hydrogen (secondary N) is 1. The molecule has 0 radical (unpaired) electrons. The Hall–Kier alpha value is -3.62. The third-order valence-electron chi connectivity index (χ3n) is 5.19. The van der Waals surface area contributed by atoms with Gasteiger partial charge in [0.05, 0.1) is 23.5 Å². The Bertz CT molecular complexity index is 1390. The highest BCUT2D eigenvalue weighted by molar-refractivity contribution is 7.93. The zero-order valence-corrected chi connectivity index (χ0v) is 20.0. The van der Waals surface area contributed by atoms with Crippen molar-refractivity contribution < 1.29 is 13.2 Å². The number of rotatable bonds is 8. The zero-order chi connectivity index (χ0) is 24.1. The number of benzene rings is 3. The Balaban J connectivity index is 1.66. The quantitative estimate of drug-likeness (QED) is 0.393. The lowest BCUT2D eigenvalue weighted by molar-refractivity contribution is 0.0950. The number of aryl methyl sites for hydroxylation is 1. The van der Waals surface area contributed by atoms with Crippen LogP contribution in [0.3, 0.4) is 0 Å². The summed E-state index contributed by atoms with van der Waals surface area (Å²) >= 11 is 6.35. The van der Waals surface area contributed by atoms with Crippen LogP contribution in [0.15, 0.2) is 96.2 Å². The van der Waals surface area contributed by atoms with Gasteiger partial charge in [-0.25, -0.2) is 8.42 Å². The number of anilines is 1. The Morgan fingerprint density at radius 2 is 1.68 bits per heavy atom. The van der Waals surface area contributed by atoms with Crippen molar-refractivity contribution in [3.8, 4) is 0 Å². The Morgan fingerprint density at radius 3 is 2.32 bits per heavy atom. The van der Waals surface area contributed by atoms with Crippen LogP contribution < -0.4 is 9.62 Å². The maximum absolute atomic E-state index is 13.8. The summed E-state index contributed by atoms with van der Waals surface area (Å²) in [6.45, 7) is 0.377. The molecule has 0 spiro atoms. The van der Waals surface area contributed by atoms with E-state index >= 15 is 0 Å². The Morgan fingerprint density at radius 1 is 1.00 bits per heavy atom. The molecule has 7 nitrogen and oxygen atoms in total. The van der Waals surface area contributed by atoms with Gasteiger partial charge < -0.3 is 5.32 Å². The monoisotopic (exact) mass is 494 g/mol. The lowest BCUT2D eigenvalue weighted by Gasteiger charge is -2.25. The molecule has 1 heterocycles. The lowest BCUT2D eigenvalue weighted by atomic mass is 10.2. The van der Waals surface area contributed by atoms with Crippen LogP contribution in [0.4, 0.5) is 5.69 Å². The van der Waals surface area contributed by atoms with Crippen LogP contribution in [-0.2, 0) is 30.2 Å². The molecule has 1 aromatic heterocycles. The highest BCUT2D eigenvalue weighted by Gasteiger charge is 2.28. The fourth-order valence-corrected chi connectivity index (χ4v) is 5.42. The molecule has 0 unspecified atom stereocenters. The van der Waals surface area contributed by atoms with Crippen molar-refractivity contribution in [1.29, 1.82) is 0 Å². The van der Waals surface area contributed by atoms with Crippen LogP contribution in [0.1, 0.15) is 21.5 Å². The first kappa shape index (κ1) is 23.5. The topological polar surface area (TPSA) is 84.3 Å². The second-order valence-electron chi connectivity index (χ2n) is 7.68. The van der Waals surface area contributed by atoms with Gasteiger partial charge >= 0.3 is 0 Å². The van der Waals surface area contributed by atoms with E-state index in [9.17, 15) is 13.2 Å². The van der Waals surface area contributed by atoms with Gasteiger partial charge in [0.2, 0.25) is 0 Å². The third-order valence-corrected chi connectivity index (χ3v) is 7.44. The fraction of sp³-hybridized carbons (Fsp3) is 0.120. The molecule has 0 saturated carbocycles. The van der Waals surface area contributed by atoms with Gasteiger partial charge in [-0.05, 0) is 35.9 Å². The molecule has 174 valence electrons. The standard InChI is InChI=1S/C25H23ClN4O3S/c1-29-17-20(16-28-29)15-27-25(31)21-12-13-23(26)24(14-21)34(32,33)30(22-10-6-3-7-11-22)18-19-8-4-2-5-9-19/h2-14,16-17H,15,18H2,1H3,(H,27,31). The number of carbonyl (C=O) groups is 1. The molecule has 4 rings (SSSR count). The lowest BCUT2D eigenvalue weighted by Crippen LogP contribution is -2.31. The van der Waals surface area contributed by atoms with Crippen molar-refractivity contribution >= 4 is 33.2 Å². The number of aromatic nitrogens is 2. The van der Waals surface area contributed by atoms with Gasteiger partial charge in [0.25, 0.3) is 15.9 Å². The smallest absolute Gasteiger partial charge is 0.266 e. The maximum atomic E-state index is 13.8. The van der Waals surface area contributed by atoms with E-state index in [1.54, 1.807) is 48.4 Å². The normalized spacial score (nSPS) is 11.2. The van der Waals surface area contributed by atoms with E-state index in [1.165, 1.54) is 22.5 Å². The van der Waals surface area contributed by atoms with Crippen LogP contribution in [0.5, 0.6) is 0 Å². The van der Waals surface area contributed by atoms with Crippen LogP contribution in [0.2, 0.25) is 5.02 Å². The molecule has 1 amide bonds. The SMILES string of the molecule is Cn1cc(CNC(=O)c2ccc(Cl)c(S(=O)(=O)N(Cc3ccccc3)c3ccccc3)c2)cn1. The second kappa shape index (κ2) is 10.1. The highest BCUT2D eigenvalue weighted by atomic mass is 35.5. The summed E-state index contributed by atoms with van der Waals surface area (Å²) in [5, 5.41) is 6.89. The van der Waals surface area contributed by atoms with E-state index in [-0.39, 0.29) is 28.6 Å². The first-order valence-electron chi connectivity index (χ1n) is 10.5. The van der Waals surface area contributed by atoms with Crippen LogP contribution in [-0.4, -0.2) is 24.1 Å². The average Bonchev–Trinajstić information content (AvgIpc) is 3.27. The first-order valence-corrected chi connectivity index (χ1v) is 12.3. The van der Waals surface area contributed by atoms with Crippen molar-refractivity contribution in [2.75, 3.05) is 4.31 Å². The second-order valence-corrected chi connectivity index (χ2v) is 9.92. The summed E-state index contributed by atoms with van der Waals surface area (Å²) < 4.78 is 30.6. The molecule has 0 aliphatic heterocycles. The summed E-state index contributed by atoms with van der Waals surface area (Å²) in [5.41, 5.74) is 2.33. The van der Waals surface area contributed by atoms with E-state index in [0.717, 1.165) is 11.1 Å². The molecule has 4 aromatic rings. The molecule has 0 fully saturated rings. The van der Waals surface area contributed by atoms with Crippen molar-refractivity contribution in [1.82, 2.24) is 15.1 Å². The summed E-state index contributed by atoms with van der Waals surface area (Å²) in [7, 11) is -2.31. The molecule has 0 aliphatic carbocycles. The number of para-hydroxylation sites is 1. The highest BCUT2D eigenvalue weighted by Crippen LogP contribution is 2.30. The predicted molar refractivity (Wildman–Crippen MR) is 132 cm³/mol.